The average molecular weight is 253 g/mol. The van der Waals surface area contributed by atoms with Crippen molar-refractivity contribution in [1.29, 1.82) is 0 Å². The fraction of sp³-hybridized carbons (Fsp3) is 0.933. The van der Waals surface area contributed by atoms with Crippen molar-refractivity contribution in [3.8, 4) is 0 Å². The van der Waals surface area contributed by atoms with E-state index in [-0.39, 0.29) is 12.2 Å². The zero-order valence-electron chi connectivity index (χ0n) is 11.7. The molecule has 0 bridgehead atoms. The van der Waals surface area contributed by atoms with E-state index in [1.807, 2.05) is 4.90 Å². The first kappa shape index (κ1) is 13.7. The fourth-order valence-corrected chi connectivity index (χ4v) is 3.12. The monoisotopic (exact) mass is 253 g/mol. The van der Waals surface area contributed by atoms with Gasteiger partial charge < -0.3 is 9.64 Å². The van der Waals surface area contributed by atoms with E-state index in [2.05, 4.69) is 6.92 Å². The molecule has 0 radical (unpaired) electrons. The minimum Gasteiger partial charge on any atom is -0.446 e. The maximum atomic E-state index is 12.0. The van der Waals surface area contributed by atoms with Crippen LogP contribution in [0.4, 0.5) is 4.79 Å². The largest absolute Gasteiger partial charge is 0.446 e. The molecule has 3 nitrogen and oxygen atoms in total. The Morgan fingerprint density at radius 1 is 1.17 bits per heavy atom. The quantitative estimate of drug-likeness (QED) is 0.758. The third-order valence-electron chi connectivity index (χ3n) is 4.41. The Morgan fingerprint density at radius 2 is 1.83 bits per heavy atom. The molecule has 1 aliphatic carbocycles. The molecule has 1 saturated carbocycles. The number of amides is 1. The van der Waals surface area contributed by atoms with E-state index >= 15 is 0 Å². The molecule has 1 amide bonds. The third-order valence-corrected chi connectivity index (χ3v) is 4.41. The van der Waals surface area contributed by atoms with Crippen LogP contribution in [0.25, 0.3) is 0 Å². The lowest BCUT2D eigenvalue weighted by Gasteiger charge is -2.32. The molecular formula is C15H27NO2. The lowest BCUT2D eigenvalue weighted by Crippen LogP contribution is -2.40. The molecule has 2 aliphatic rings. The van der Waals surface area contributed by atoms with Crippen molar-refractivity contribution in [2.24, 2.45) is 5.92 Å². The van der Waals surface area contributed by atoms with E-state index < -0.39 is 0 Å². The van der Waals surface area contributed by atoms with Gasteiger partial charge in [0.1, 0.15) is 6.10 Å². The van der Waals surface area contributed by atoms with Gasteiger partial charge in [-0.15, -0.1) is 0 Å². The van der Waals surface area contributed by atoms with E-state index in [0.29, 0.717) is 0 Å². The predicted octanol–water partition coefficient (Wildman–Crippen LogP) is 3.97. The van der Waals surface area contributed by atoms with Gasteiger partial charge in [0.05, 0.1) is 0 Å². The summed E-state index contributed by atoms with van der Waals surface area (Å²) >= 11 is 0. The van der Waals surface area contributed by atoms with Gasteiger partial charge in [0.15, 0.2) is 0 Å². The number of hydrogen-bond acceptors (Lipinski definition) is 2. The Kier molecular flexibility index (Phi) is 5.33. The smallest absolute Gasteiger partial charge is 0.410 e. The van der Waals surface area contributed by atoms with Crippen molar-refractivity contribution in [2.45, 2.75) is 70.8 Å². The molecule has 104 valence electrons. The van der Waals surface area contributed by atoms with Crippen LogP contribution in [0.2, 0.25) is 0 Å². The first-order valence-corrected chi connectivity index (χ1v) is 7.75. The Labute approximate surface area is 111 Å². The summed E-state index contributed by atoms with van der Waals surface area (Å²) in [6.45, 7) is 4.05. The normalized spacial score (nSPS) is 22.4. The highest BCUT2D eigenvalue weighted by atomic mass is 16.6. The Morgan fingerprint density at radius 3 is 2.44 bits per heavy atom. The second-order valence-electron chi connectivity index (χ2n) is 5.86. The third kappa shape index (κ3) is 3.89. The second kappa shape index (κ2) is 7.01. The summed E-state index contributed by atoms with van der Waals surface area (Å²) in [5.41, 5.74) is 0. The minimum absolute atomic E-state index is 0.0594. The molecule has 0 spiro atoms. The molecule has 1 aliphatic heterocycles. The first-order valence-electron chi connectivity index (χ1n) is 7.75. The molecule has 0 aromatic carbocycles. The molecule has 2 fully saturated rings. The molecule has 0 unspecified atom stereocenters. The van der Waals surface area contributed by atoms with Crippen LogP contribution >= 0.6 is 0 Å². The van der Waals surface area contributed by atoms with Crippen LogP contribution in [0.15, 0.2) is 0 Å². The summed E-state index contributed by atoms with van der Waals surface area (Å²) in [5.74, 6) is 0.834. The van der Waals surface area contributed by atoms with Gasteiger partial charge in [-0.2, -0.15) is 0 Å². The molecule has 3 heteroatoms. The SMILES string of the molecule is CCCCC1CCN(C(=O)OC2CCCC2)CC1. The number of piperidine rings is 1. The highest BCUT2D eigenvalue weighted by Crippen LogP contribution is 2.25. The molecule has 0 atom stereocenters. The zero-order chi connectivity index (χ0) is 12.8. The average Bonchev–Trinajstić information content (AvgIpc) is 2.89. The fourth-order valence-electron chi connectivity index (χ4n) is 3.12. The van der Waals surface area contributed by atoms with E-state index in [4.69, 9.17) is 4.74 Å². The molecule has 18 heavy (non-hydrogen) atoms. The number of carbonyl (C=O) groups is 1. The highest BCUT2D eigenvalue weighted by molar-refractivity contribution is 5.67. The van der Waals surface area contributed by atoms with Crippen LogP contribution in [0.1, 0.15) is 64.7 Å². The first-order chi connectivity index (χ1) is 8.79. The molecule has 0 aromatic heterocycles. The van der Waals surface area contributed by atoms with Crippen molar-refractivity contribution in [3.63, 3.8) is 0 Å². The predicted molar refractivity (Wildman–Crippen MR) is 72.6 cm³/mol. The van der Waals surface area contributed by atoms with E-state index in [1.165, 1.54) is 44.9 Å². The van der Waals surface area contributed by atoms with Gasteiger partial charge in [0.2, 0.25) is 0 Å². The van der Waals surface area contributed by atoms with Gasteiger partial charge in [0, 0.05) is 13.1 Å². The molecule has 1 saturated heterocycles. The van der Waals surface area contributed by atoms with Gasteiger partial charge in [-0.25, -0.2) is 4.79 Å². The number of hydrogen-bond donors (Lipinski definition) is 0. The van der Waals surface area contributed by atoms with Gasteiger partial charge >= 0.3 is 6.09 Å². The van der Waals surface area contributed by atoms with E-state index in [0.717, 1.165) is 31.8 Å². The van der Waals surface area contributed by atoms with Crippen LogP contribution < -0.4 is 0 Å². The summed E-state index contributed by atoms with van der Waals surface area (Å²) in [6.07, 6.45) is 11.0. The maximum absolute atomic E-state index is 12.0. The topological polar surface area (TPSA) is 29.5 Å². The zero-order valence-corrected chi connectivity index (χ0v) is 11.7. The number of rotatable bonds is 4. The van der Waals surface area contributed by atoms with Crippen LogP contribution in [0, 0.1) is 5.92 Å². The number of nitrogens with zero attached hydrogens (tertiary/aromatic N) is 1. The molecule has 1 heterocycles. The number of carbonyl (C=O) groups excluding carboxylic acids is 1. The van der Waals surface area contributed by atoms with E-state index in [1.54, 1.807) is 0 Å². The van der Waals surface area contributed by atoms with Gasteiger partial charge in [-0.05, 0) is 44.4 Å². The molecule has 0 N–H and O–H groups in total. The van der Waals surface area contributed by atoms with Crippen LogP contribution in [-0.2, 0) is 4.74 Å². The number of unbranched alkanes of at least 4 members (excludes halogenated alkanes) is 1. The van der Waals surface area contributed by atoms with Crippen LogP contribution in [0.5, 0.6) is 0 Å². The minimum atomic E-state index is -0.0594. The van der Waals surface area contributed by atoms with Crippen LogP contribution in [-0.4, -0.2) is 30.2 Å². The van der Waals surface area contributed by atoms with Gasteiger partial charge in [-0.1, -0.05) is 26.2 Å². The number of ether oxygens (including phenoxy) is 1. The van der Waals surface area contributed by atoms with E-state index in [9.17, 15) is 4.79 Å². The molecular weight excluding hydrogens is 226 g/mol. The van der Waals surface area contributed by atoms with Crippen molar-refractivity contribution in [2.75, 3.05) is 13.1 Å². The standard InChI is InChI=1S/C15H27NO2/c1-2-3-6-13-9-11-16(12-10-13)15(17)18-14-7-4-5-8-14/h13-14H,2-12H2,1H3. The van der Waals surface area contributed by atoms with Crippen molar-refractivity contribution < 1.29 is 9.53 Å². The Hall–Kier alpha value is -0.730. The summed E-state index contributed by atoms with van der Waals surface area (Å²) in [6, 6.07) is 0. The van der Waals surface area contributed by atoms with Gasteiger partial charge in [-0.3, -0.25) is 0 Å². The lowest BCUT2D eigenvalue weighted by molar-refractivity contribution is 0.0546. The summed E-state index contributed by atoms with van der Waals surface area (Å²) in [4.78, 5) is 13.9. The Bertz CT molecular complexity index is 253. The molecule has 2 rings (SSSR count). The van der Waals surface area contributed by atoms with Gasteiger partial charge in [0.25, 0.3) is 0 Å². The highest BCUT2D eigenvalue weighted by Gasteiger charge is 2.26. The summed E-state index contributed by atoms with van der Waals surface area (Å²) in [7, 11) is 0. The lowest BCUT2D eigenvalue weighted by atomic mass is 9.92. The molecule has 0 aromatic rings. The van der Waals surface area contributed by atoms with Crippen molar-refractivity contribution in [3.05, 3.63) is 0 Å². The number of likely N-dealkylation sites (tertiary alicyclic amines) is 1. The second-order valence-corrected chi connectivity index (χ2v) is 5.86. The summed E-state index contributed by atoms with van der Waals surface area (Å²) < 4.78 is 5.55. The summed E-state index contributed by atoms with van der Waals surface area (Å²) in [5, 5.41) is 0. The van der Waals surface area contributed by atoms with Crippen molar-refractivity contribution in [1.82, 2.24) is 4.90 Å². The van der Waals surface area contributed by atoms with Crippen LogP contribution in [0.3, 0.4) is 0 Å². The Balaban J connectivity index is 1.66. The maximum Gasteiger partial charge on any atom is 0.410 e. The van der Waals surface area contributed by atoms with Crippen molar-refractivity contribution >= 4 is 6.09 Å².